The number of anilines is 1. The van der Waals surface area contributed by atoms with Crippen LogP contribution in [0.3, 0.4) is 0 Å². The van der Waals surface area contributed by atoms with Crippen molar-refractivity contribution in [2.75, 3.05) is 84.1 Å². The zero-order chi connectivity index (χ0) is 102. The van der Waals surface area contributed by atoms with Gasteiger partial charge in [-0.3, -0.25) is 81.6 Å². The first kappa shape index (κ1) is 118. The standard InChI is InChI=1S/C100H165N15O24/c1-17-77-60(5)64(9)89(108-68(13)116)97(136-77)132-52-32-25-39-81(120)101-45-29-23-36-75(113-84(123)41-27-34-54-134-99-91(110-70(15)118)66(11)62(7)79(19-3)138-99)95(130)105-49-47-103-93(128)72-56-73(58-74(57-72)112-86(125)59-107-83(122)38-22-21-31-51-115-87(126)43-44-88(115)127)94(129)104-48-50-106-96(131)76(114-85(124)42-28-35-55-135-100-92(111-71(16)119)67(12)63(8)80(20-4)139-100)37-24-30-46-102-82(121)40-26-33-53-133-98-90(109-69(14)117)65(10)61(6)78(18-2)137-98/h43-44,56-58,60-67,75-80,89-92,97-100H,17-42,45-55,59H2,1-16H3,(H,101,120)(H,102,121)(H,103,128)(H,104,129)(H,105,130)(H,106,131)(H,107,122)(H,108,116)(H,109,117)(H,110,118)(H,111,119)(H,112,125)(H,113,123)(H,114,124)/t60?,61?,62?,63?,64?,65?,66?,67?,75-,76-,77?,78?,79?,80?,89?,90?,91?,92?,97?,98?,99?,100?/m0/s1. The molecular formula is C100H165N15O24. The second-order valence-corrected chi connectivity index (χ2v) is 38.0. The van der Waals surface area contributed by atoms with Crippen LogP contribution in [0.25, 0.3) is 0 Å². The van der Waals surface area contributed by atoms with Crippen LogP contribution < -0.4 is 74.4 Å². The van der Waals surface area contributed by atoms with Gasteiger partial charge in [0.2, 0.25) is 70.9 Å². The van der Waals surface area contributed by atoms with Crippen molar-refractivity contribution >= 4 is 100 Å². The summed E-state index contributed by atoms with van der Waals surface area (Å²) in [5.74, 6) is -5.43. The molecule has 0 aliphatic carbocycles. The highest BCUT2D eigenvalue weighted by molar-refractivity contribution is 6.13. The van der Waals surface area contributed by atoms with Gasteiger partial charge < -0.3 is 112 Å². The second-order valence-electron chi connectivity index (χ2n) is 38.0. The van der Waals surface area contributed by atoms with Gasteiger partial charge in [-0.25, -0.2) is 0 Å². The van der Waals surface area contributed by atoms with Crippen LogP contribution in [-0.4, -0.2) is 264 Å². The lowest BCUT2D eigenvalue weighted by atomic mass is 9.81. The molecule has 0 saturated carbocycles. The average Bonchev–Trinajstić information content (AvgIpc) is 1.19. The van der Waals surface area contributed by atoms with Crippen molar-refractivity contribution in [1.82, 2.24) is 74.0 Å². The van der Waals surface area contributed by atoms with Crippen LogP contribution in [0.5, 0.6) is 0 Å². The third-order valence-corrected chi connectivity index (χ3v) is 27.3. The topological polar surface area (TPSA) is 519 Å². The monoisotopic (exact) mass is 1960 g/mol. The zero-order valence-corrected chi connectivity index (χ0v) is 85.2. The largest absolute Gasteiger partial charge is 0.356 e. The Balaban J connectivity index is 1.08. The molecule has 784 valence electrons. The van der Waals surface area contributed by atoms with Gasteiger partial charge in [0.15, 0.2) is 25.2 Å². The number of rotatable bonds is 63. The highest BCUT2D eigenvalue weighted by atomic mass is 16.7. The van der Waals surface area contributed by atoms with Gasteiger partial charge in [-0.1, -0.05) is 89.5 Å². The molecule has 6 rings (SSSR count). The van der Waals surface area contributed by atoms with E-state index >= 15 is 0 Å². The predicted molar refractivity (Wildman–Crippen MR) is 519 cm³/mol. The van der Waals surface area contributed by atoms with Gasteiger partial charge in [-0.05, 0) is 194 Å². The molecule has 22 atom stereocenters. The molecule has 1 aromatic rings. The summed E-state index contributed by atoms with van der Waals surface area (Å²) in [5, 5.41) is 39.9. The molecule has 4 fully saturated rings. The molecule has 139 heavy (non-hydrogen) atoms. The average molecular weight is 1960 g/mol. The SMILES string of the molecule is CCC1OC(OCCCCC(=O)NCCCC[C@H](NC(=O)CCCCOC2OC(CC)C(C)C(C)C2NC(C)=O)C(=O)NCCNC(=O)c2cc(NC(=O)CNC(=O)CCCCCN3C(=O)C=CC3=O)cc(C(=O)NCCNC(=O)[C@H](CCCCNC(=O)CCCCOC3OC(CC)C(C)C(C)C3NC(C)=O)NC(=O)CCCCOC3OC(CC)C(C)C(C)C3NC(C)=O)c2)C(NC(C)=O)C(C)C1C. The third kappa shape index (κ3) is 41.5. The molecule has 39 nitrogen and oxygen atoms in total. The number of carbonyl (C=O) groups is 16. The van der Waals surface area contributed by atoms with Gasteiger partial charge in [0, 0.05) is 161 Å². The van der Waals surface area contributed by atoms with Crippen molar-refractivity contribution in [2.45, 2.75) is 364 Å². The summed E-state index contributed by atoms with van der Waals surface area (Å²) in [5.41, 5.74) is -0.255. The van der Waals surface area contributed by atoms with E-state index in [9.17, 15) is 76.7 Å². The normalized spacial score (nSPS) is 25.4. The van der Waals surface area contributed by atoms with E-state index in [0.29, 0.717) is 110 Å². The van der Waals surface area contributed by atoms with E-state index in [-0.39, 0.29) is 252 Å². The highest BCUT2D eigenvalue weighted by Gasteiger charge is 2.46. The summed E-state index contributed by atoms with van der Waals surface area (Å²) in [6.45, 7) is 31.4. The molecule has 5 aliphatic heterocycles. The van der Waals surface area contributed by atoms with E-state index in [1.54, 1.807) is 0 Å². The quantitative estimate of drug-likeness (QED) is 0.0234. The number of imide groups is 1. The molecule has 0 aromatic heterocycles. The van der Waals surface area contributed by atoms with Crippen molar-refractivity contribution in [1.29, 1.82) is 0 Å². The van der Waals surface area contributed by atoms with E-state index in [4.69, 9.17) is 37.9 Å². The molecule has 14 N–H and O–H groups in total. The van der Waals surface area contributed by atoms with Gasteiger partial charge in [-0.2, -0.15) is 0 Å². The first-order valence-corrected chi connectivity index (χ1v) is 51.0. The minimum Gasteiger partial charge on any atom is -0.356 e. The summed E-state index contributed by atoms with van der Waals surface area (Å²) in [7, 11) is 0. The molecule has 1 aromatic carbocycles. The first-order chi connectivity index (χ1) is 66.4. The van der Waals surface area contributed by atoms with E-state index in [1.807, 2.05) is 13.8 Å². The molecule has 16 amide bonds. The number of nitrogens with one attached hydrogen (secondary N) is 14. The van der Waals surface area contributed by atoms with Gasteiger partial charge in [0.05, 0.1) is 55.1 Å². The van der Waals surface area contributed by atoms with Crippen LogP contribution in [0.15, 0.2) is 30.4 Å². The second kappa shape index (κ2) is 63.3. The van der Waals surface area contributed by atoms with Crippen molar-refractivity contribution in [3.8, 4) is 0 Å². The maximum Gasteiger partial charge on any atom is 0.253 e. The number of unbranched alkanes of at least 4 members (excludes halogenated alkanes) is 8. The van der Waals surface area contributed by atoms with Crippen LogP contribution in [0.2, 0.25) is 0 Å². The smallest absolute Gasteiger partial charge is 0.253 e. The Labute approximate surface area is 821 Å². The molecule has 39 heteroatoms. The van der Waals surface area contributed by atoms with Crippen molar-refractivity contribution < 1.29 is 115 Å². The van der Waals surface area contributed by atoms with Gasteiger partial charge >= 0.3 is 0 Å². The number of ether oxygens (including phenoxy) is 8. The maximum atomic E-state index is 14.2. The van der Waals surface area contributed by atoms with Gasteiger partial charge in [-0.15, -0.1) is 0 Å². The maximum absolute atomic E-state index is 14.2. The Kier molecular flexibility index (Phi) is 53.8. The Morgan fingerprint density at radius 1 is 0.331 bits per heavy atom. The van der Waals surface area contributed by atoms with Crippen LogP contribution in [0.1, 0.15) is 298 Å². The van der Waals surface area contributed by atoms with Gasteiger partial charge in [0.25, 0.3) is 23.6 Å². The molecule has 0 bridgehead atoms. The van der Waals surface area contributed by atoms with E-state index < -0.39 is 103 Å². The van der Waals surface area contributed by atoms with Crippen molar-refractivity contribution in [2.24, 2.45) is 47.3 Å². The molecule has 0 spiro atoms. The Morgan fingerprint density at radius 2 is 0.633 bits per heavy atom. The lowest BCUT2D eigenvalue weighted by molar-refractivity contribution is -0.236. The molecule has 20 unspecified atom stereocenters. The predicted octanol–water partition coefficient (Wildman–Crippen LogP) is 6.86. The van der Waals surface area contributed by atoms with Crippen LogP contribution in [-0.2, 0) is 105 Å². The number of amides is 16. The molecule has 0 radical (unpaired) electrons. The van der Waals surface area contributed by atoms with Crippen LogP contribution >= 0.6 is 0 Å². The number of carbonyl (C=O) groups excluding carboxylic acids is 16. The Hall–Kier alpha value is -9.64. The summed E-state index contributed by atoms with van der Waals surface area (Å²) in [6, 6.07) is 0.392. The number of hydrogen-bond acceptors (Lipinski definition) is 24. The fourth-order valence-electron chi connectivity index (χ4n) is 18.3. The van der Waals surface area contributed by atoms with E-state index in [2.05, 4.69) is 144 Å². The Morgan fingerprint density at radius 3 is 0.950 bits per heavy atom. The molecule has 5 heterocycles. The summed E-state index contributed by atoms with van der Waals surface area (Å²) >= 11 is 0. The first-order valence-electron chi connectivity index (χ1n) is 51.0. The fourth-order valence-corrected chi connectivity index (χ4v) is 18.3. The lowest BCUT2D eigenvalue weighted by Crippen LogP contribution is -2.57. The van der Waals surface area contributed by atoms with E-state index in [1.165, 1.54) is 58.0 Å². The number of hydrogen-bond donors (Lipinski definition) is 14. The molecule has 4 saturated heterocycles. The minimum atomic E-state index is -1.04. The summed E-state index contributed by atoms with van der Waals surface area (Å²) < 4.78 is 49.8. The fraction of sp³-hybridized carbons (Fsp3) is 0.760. The lowest BCUT2D eigenvalue weighted by Gasteiger charge is -2.44. The van der Waals surface area contributed by atoms with Crippen molar-refractivity contribution in [3.05, 3.63) is 41.5 Å². The Bertz CT molecular complexity index is 3910. The molecule has 5 aliphatic rings. The number of benzene rings is 1. The minimum absolute atomic E-state index is 0.0243. The van der Waals surface area contributed by atoms with Crippen molar-refractivity contribution in [3.63, 3.8) is 0 Å². The number of nitrogens with zero attached hydrogens (tertiary/aromatic N) is 1. The van der Waals surface area contributed by atoms with Gasteiger partial charge in [0.1, 0.15) is 12.1 Å². The van der Waals surface area contributed by atoms with E-state index in [0.717, 1.165) is 30.6 Å². The zero-order valence-electron chi connectivity index (χ0n) is 85.2. The third-order valence-electron chi connectivity index (χ3n) is 27.3. The van der Waals surface area contributed by atoms with Crippen LogP contribution in [0, 0.1) is 47.3 Å². The molecular weight excluding hydrogens is 1800 g/mol. The summed E-state index contributed by atoms with van der Waals surface area (Å²) in [4.78, 5) is 211. The highest BCUT2D eigenvalue weighted by Crippen LogP contribution is 2.38. The summed E-state index contributed by atoms with van der Waals surface area (Å²) in [6.07, 6.45) is 10.5. The van der Waals surface area contributed by atoms with Crippen LogP contribution in [0.4, 0.5) is 5.69 Å².